The van der Waals surface area contributed by atoms with Crippen molar-refractivity contribution in [1.82, 2.24) is 14.8 Å². The Labute approximate surface area is 170 Å². The molecule has 2 aromatic heterocycles. The lowest BCUT2D eigenvalue weighted by Crippen LogP contribution is -2.11. The van der Waals surface area contributed by atoms with Gasteiger partial charge in [0.1, 0.15) is 22.7 Å². The molecule has 0 N–H and O–H groups in total. The second-order valence-electron chi connectivity index (χ2n) is 7.03. The van der Waals surface area contributed by atoms with E-state index in [1.165, 1.54) is 10.9 Å². The quantitative estimate of drug-likeness (QED) is 0.572. The topological polar surface area (TPSA) is 52.3 Å². The number of benzene rings is 1. The lowest BCUT2D eigenvalue weighted by atomic mass is 9.98. The molecule has 0 amide bonds. The van der Waals surface area contributed by atoms with Gasteiger partial charge in [0.2, 0.25) is 0 Å². The summed E-state index contributed by atoms with van der Waals surface area (Å²) in [6, 6.07) is 4.45. The molecular weight excluding hydrogens is 399 g/mol. The van der Waals surface area contributed by atoms with Crippen LogP contribution in [-0.2, 0) is 17.8 Å². The molecule has 144 valence electrons. The standard InChI is InChI=1S/C20H18ClFN4OS/c1-10-19-25-24-11(2)26(19)20-16(12-9-27-8-4-7-15(12)28-20)18(23-10)17-13(21)5-3-6-14(17)22/h3,5-6,10H,4,7-9H2,1-2H3/t10-/m0/s1. The van der Waals surface area contributed by atoms with Gasteiger partial charge in [-0.2, -0.15) is 0 Å². The largest absolute Gasteiger partial charge is 0.377 e. The first-order valence-corrected chi connectivity index (χ1v) is 10.4. The SMILES string of the molecule is Cc1nnc2n1-c1sc3c(c1C(c1c(F)cccc1Cl)=N[C@H]2C)COCCC3. The number of hydrogen-bond donors (Lipinski definition) is 0. The number of nitrogens with zero attached hydrogens (tertiary/aromatic N) is 4. The summed E-state index contributed by atoms with van der Waals surface area (Å²) < 4.78 is 22.8. The number of thiophene rings is 1. The van der Waals surface area contributed by atoms with Crippen LogP contribution in [0.15, 0.2) is 23.2 Å². The third kappa shape index (κ3) is 2.64. The fourth-order valence-electron chi connectivity index (χ4n) is 3.89. The lowest BCUT2D eigenvalue weighted by Gasteiger charge is -2.13. The van der Waals surface area contributed by atoms with Gasteiger partial charge in [-0.05, 0) is 38.8 Å². The fraction of sp³-hybridized carbons (Fsp3) is 0.350. The molecule has 0 saturated carbocycles. The van der Waals surface area contributed by atoms with Crippen molar-refractivity contribution in [2.24, 2.45) is 4.99 Å². The third-order valence-corrected chi connectivity index (χ3v) is 6.79. The van der Waals surface area contributed by atoms with E-state index in [-0.39, 0.29) is 11.9 Å². The summed E-state index contributed by atoms with van der Waals surface area (Å²) in [6.07, 6.45) is 1.89. The Hall–Kier alpha value is -2.09. The minimum Gasteiger partial charge on any atom is -0.377 e. The van der Waals surface area contributed by atoms with Gasteiger partial charge < -0.3 is 4.74 Å². The van der Waals surface area contributed by atoms with Crippen molar-refractivity contribution in [3.05, 3.63) is 62.3 Å². The van der Waals surface area contributed by atoms with Gasteiger partial charge in [-0.15, -0.1) is 21.5 Å². The minimum absolute atomic E-state index is 0.284. The van der Waals surface area contributed by atoms with Crippen LogP contribution in [0.25, 0.3) is 5.00 Å². The molecule has 5 nitrogen and oxygen atoms in total. The Morgan fingerprint density at radius 2 is 2.14 bits per heavy atom. The lowest BCUT2D eigenvalue weighted by molar-refractivity contribution is 0.125. The number of ether oxygens (including phenoxy) is 1. The monoisotopic (exact) mass is 416 g/mol. The predicted molar refractivity (Wildman–Crippen MR) is 107 cm³/mol. The van der Waals surface area contributed by atoms with Crippen molar-refractivity contribution in [3.63, 3.8) is 0 Å². The Balaban J connectivity index is 1.87. The Bertz CT molecular complexity index is 1100. The fourth-order valence-corrected chi connectivity index (χ4v) is 5.55. The summed E-state index contributed by atoms with van der Waals surface area (Å²) in [5.41, 5.74) is 2.86. The normalized spacial score (nSPS) is 18.6. The summed E-state index contributed by atoms with van der Waals surface area (Å²) in [6.45, 7) is 5.07. The first kappa shape index (κ1) is 18.0. The summed E-state index contributed by atoms with van der Waals surface area (Å²) >= 11 is 8.14. The maximum Gasteiger partial charge on any atom is 0.162 e. The first-order valence-electron chi connectivity index (χ1n) is 9.23. The number of aromatic nitrogens is 3. The number of fused-ring (bicyclic) bond motifs is 5. The Morgan fingerprint density at radius 3 is 2.96 bits per heavy atom. The zero-order valence-corrected chi connectivity index (χ0v) is 17.1. The molecule has 0 unspecified atom stereocenters. The summed E-state index contributed by atoms with van der Waals surface area (Å²) in [7, 11) is 0. The van der Waals surface area contributed by atoms with E-state index in [1.54, 1.807) is 23.5 Å². The van der Waals surface area contributed by atoms with Gasteiger partial charge >= 0.3 is 0 Å². The second-order valence-corrected chi connectivity index (χ2v) is 8.52. The van der Waals surface area contributed by atoms with Crippen molar-refractivity contribution in [1.29, 1.82) is 0 Å². The highest BCUT2D eigenvalue weighted by Gasteiger charge is 2.33. The molecule has 28 heavy (non-hydrogen) atoms. The molecule has 5 rings (SSSR count). The van der Waals surface area contributed by atoms with Crippen molar-refractivity contribution in [2.75, 3.05) is 6.61 Å². The summed E-state index contributed by atoms with van der Waals surface area (Å²) in [4.78, 5) is 6.14. The molecule has 3 aromatic rings. The zero-order chi connectivity index (χ0) is 19.4. The molecule has 1 aromatic carbocycles. The van der Waals surface area contributed by atoms with E-state index in [0.29, 0.717) is 22.9 Å². The third-order valence-electron chi connectivity index (χ3n) is 5.20. The van der Waals surface area contributed by atoms with Crippen molar-refractivity contribution in [3.8, 4) is 5.00 Å². The summed E-state index contributed by atoms with van der Waals surface area (Å²) in [5, 5.41) is 9.93. The second kappa shape index (κ2) is 6.76. The van der Waals surface area contributed by atoms with Crippen LogP contribution in [0.3, 0.4) is 0 Å². The molecule has 1 atom stereocenters. The maximum absolute atomic E-state index is 14.9. The highest BCUT2D eigenvalue weighted by Crippen LogP contribution is 2.42. The van der Waals surface area contributed by atoms with Crippen molar-refractivity contribution in [2.45, 2.75) is 39.3 Å². The van der Waals surface area contributed by atoms with Crippen LogP contribution in [0.4, 0.5) is 4.39 Å². The van der Waals surface area contributed by atoms with Crippen LogP contribution in [0.1, 0.15) is 52.6 Å². The van der Waals surface area contributed by atoms with Gasteiger partial charge in [-0.1, -0.05) is 17.7 Å². The molecule has 0 bridgehead atoms. The highest BCUT2D eigenvalue weighted by molar-refractivity contribution is 7.15. The smallest absolute Gasteiger partial charge is 0.162 e. The van der Waals surface area contributed by atoms with E-state index in [1.807, 2.05) is 18.4 Å². The molecule has 0 saturated heterocycles. The Kier molecular flexibility index (Phi) is 4.34. The minimum atomic E-state index is -0.381. The van der Waals surface area contributed by atoms with Crippen LogP contribution in [0, 0.1) is 12.7 Å². The average molecular weight is 417 g/mol. The molecular formula is C20H18ClFN4OS. The van der Waals surface area contributed by atoms with Gasteiger partial charge in [0.25, 0.3) is 0 Å². The number of hydrogen-bond acceptors (Lipinski definition) is 5. The van der Waals surface area contributed by atoms with Gasteiger partial charge in [-0.3, -0.25) is 9.56 Å². The van der Waals surface area contributed by atoms with E-state index in [9.17, 15) is 4.39 Å². The van der Waals surface area contributed by atoms with Crippen LogP contribution in [-0.4, -0.2) is 27.1 Å². The van der Waals surface area contributed by atoms with E-state index in [0.717, 1.165) is 47.2 Å². The Morgan fingerprint density at radius 1 is 1.29 bits per heavy atom. The van der Waals surface area contributed by atoms with Crippen molar-refractivity contribution >= 4 is 28.6 Å². The summed E-state index contributed by atoms with van der Waals surface area (Å²) in [5.74, 6) is 1.16. The van der Waals surface area contributed by atoms with Gasteiger partial charge in [0.05, 0.1) is 22.9 Å². The van der Waals surface area contributed by atoms with Gasteiger partial charge in [0.15, 0.2) is 5.82 Å². The van der Waals surface area contributed by atoms with Crippen LogP contribution >= 0.6 is 22.9 Å². The number of aryl methyl sites for hydroxylation is 2. The van der Waals surface area contributed by atoms with Gasteiger partial charge in [0, 0.05) is 22.6 Å². The van der Waals surface area contributed by atoms with Crippen molar-refractivity contribution < 1.29 is 9.13 Å². The number of rotatable bonds is 1. The van der Waals surface area contributed by atoms with Crippen LogP contribution in [0.2, 0.25) is 5.02 Å². The highest BCUT2D eigenvalue weighted by atomic mass is 35.5. The molecule has 0 radical (unpaired) electrons. The van der Waals surface area contributed by atoms with E-state index in [4.69, 9.17) is 21.3 Å². The number of halogens is 2. The molecule has 2 aliphatic rings. The molecule has 0 aliphatic carbocycles. The van der Waals surface area contributed by atoms with E-state index < -0.39 is 0 Å². The average Bonchev–Trinajstić information content (AvgIpc) is 3.08. The molecule has 8 heteroatoms. The zero-order valence-electron chi connectivity index (χ0n) is 15.5. The molecule has 2 aliphatic heterocycles. The van der Waals surface area contributed by atoms with Crippen LogP contribution in [0.5, 0.6) is 0 Å². The maximum atomic E-state index is 14.9. The molecule has 0 fully saturated rings. The van der Waals surface area contributed by atoms with Gasteiger partial charge in [-0.25, -0.2) is 4.39 Å². The first-order chi connectivity index (χ1) is 13.6. The molecule has 0 spiro atoms. The number of aliphatic imine (C=N–C) groups is 1. The van der Waals surface area contributed by atoms with Crippen LogP contribution < -0.4 is 0 Å². The molecule has 4 heterocycles. The van der Waals surface area contributed by atoms with E-state index in [2.05, 4.69) is 10.2 Å². The van der Waals surface area contributed by atoms with E-state index >= 15 is 0 Å². The predicted octanol–water partition coefficient (Wildman–Crippen LogP) is 4.80.